The number of hydrogen-bond donors (Lipinski definition) is 0. The zero-order valence-corrected chi connectivity index (χ0v) is 15.3. The molecule has 0 radical (unpaired) electrons. The quantitative estimate of drug-likeness (QED) is 0.406. The SMILES string of the molecule is O=P12c3ccccc3-c3ccccc3N1c1cccnc1-c1ccccc12. The van der Waals surface area contributed by atoms with Crippen LogP contribution in [0.2, 0.25) is 0 Å². The summed E-state index contributed by atoms with van der Waals surface area (Å²) in [6.45, 7) is 0. The van der Waals surface area contributed by atoms with Crippen molar-refractivity contribution in [1.29, 1.82) is 0 Å². The van der Waals surface area contributed by atoms with Gasteiger partial charge < -0.3 is 0 Å². The van der Waals surface area contributed by atoms with Gasteiger partial charge in [0.2, 0.25) is 7.29 Å². The Morgan fingerprint density at radius 1 is 0.630 bits per heavy atom. The number of pyridine rings is 1. The molecule has 3 nitrogen and oxygen atoms in total. The molecule has 4 heteroatoms. The van der Waals surface area contributed by atoms with Crippen LogP contribution in [-0.2, 0) is 4.57 Å². The smallest absolute Gasteiger partial charge is 0.235 e. The van der Waals surface area contributed by atoms with E-state index in [0.29, 0.717) is 0 Å². The van der Waals surface area contributed by atoms with Crippen molar-refractivity contribution in [2.75, 3.05) is 4.67 Å². The second kappa shape index (κ2) is 5.18. The highest BCUT2D eigenvalue weighted by molar-refractivity contribution is 7.81. The molecule has 1 unspecified atom stereocenters. The monoisotopic (exact) mass is 366 g/mol. The molecule has 0 fully saturated rings. The van der Waals surface area contributed by atoms with Gasteiger partial charge in [0.25, 0.3) is 0 Å². The largest absolute Gasteiger partial charge is 0.289 e. The molecule has 27 heavy (non-hydrogen) atoms. The van der Waals surface area contributed by atoms with Crippen LogP contribution in [0.4, 0.5) is 11.4 Å². The van der Waals surface area contributed by atoms with E-state index in [-0.39, 0.29) is 0 Å². The van der Waals surface area contributed by atoms with Crippen molar-refractivity contribution >= 4 is 29.3 Å². The van der Waals surface area contributed by atoms with Gasteiger partial charge in [-0.25, -0.2) is 0 Å². The highest BCUT2D eigenvalue weighted by Crippen LogP contribution is 2.65. The molecule has 0 bridgehead atoms. The van der Waals surface area contributed by atoms with Gasteiger partial charge in [0.05, 0.1) is 17.1 Å². The number of nitrogens with zero attached hydrogens (tertiary/aromatic N) is 2. The lowest BCUT2D eigenvalue weighted by Crippen LogP contribution is -2.37. The van der Waals surface area contributed by atoms with E-state index in [9.17, 15) is 4.57 Å². The Hall–Kier alpha value is -3.16. The Kier molecular flexibility index (Phi) is 2.87. The van der Waals surface area contributed by atoms with Crippen molar-refractivity contribution in [3.05, 3.63) is 91.1 Å². The Morgan fingerprint density at radius 3 is 2.04 bits per heavy atom. The first-order valence-electron chi connectivity index (χ1n) is 8.95. The summed E-state index contributed by atoms with van der Waals surface area (Å²) in [5.74, 6) is 0. The van der Waals surface area contributed by atoms with Crippen molar-refractivity contribution in [3.63, 3.8) is 0 Å². The molecule has 0 saturated heterocycles. The Balaban J connectivity index is 1.84. The summed E-state index contributed by atoms with van der Waals surface area (Å²) >= 11 is 0. The molecule has 0 spiro atoms. The second-order valence-corrected chi connectivity index (χ2v) is 9.33. The maximum absolute atomic E-state index is 14.9. The summed E-state index contributed by atoms with van der Waals surface area (Å²) in [5.41, 5.74) is 5.88. The van der Waals surface area contributed by atoms with Gasteiger partial charge in [0.1, 0.15) is 0 Å². The average Bonchev–Trinajstić information content (AvgIpc) is 2.74. The van der Waals surface area contributed by atoms with Gasteiger partial charge in [-0.2, -0.15) is 0 Å². The molecule has 128 valence electrons. The summed E-state index contributed by atoms with van der Waals surface area (Å²) < 4.78 is 16.9. The summed E-state index contributed by atoms with van der Waals surface area (Å²) in [4.78, 5) is 4.65. The zero-order valence-electron chi connectivity index (χ0n) is 14.4. The van der Waals surface area contributed by atoms with Crippen LogP contribution in [-0.4, -0.2) is 4.98 Å². The lowest BCUT2D eigenvalue weighted by molar-refractivity contribution is 0.586. The van der Waals surface area contributed by atoms with Crippen molar-refractivity contribution in [1.82, 2.24) is 4.98 Å². The predicted octanol–water partition coefficient (Wildman–Crippen LogP) is 5.11. The molecule has 3 heterocycles. The van der Waals surface area contributed by atoms with Gasteiger partial charge in [-0.05, 0) is 35.9 Å². The highest BCUT2D eigenvalue weighted by atomic mass is 31.2. The maximum atomic E-state index is 14.9. The lowest BCUT2D eigenvalue weighted by Gasteiger charge is -2.43. The van der Waals surface area contributed by atoms with Gasteiger partial charge in [-0.3, -0.25) is 14.2 Å². The molecule has 0 aliphatic carbocycles. The predicted molar refractivity (Wildman–Crippen MR) is 111 cm³/mol. The fourth-order valence-electron chi connectivity index (χ4n) is 4.34. The van der Waals surface area contributed by atoms with Gasteiger partial charge in [0, 0.05) is 27.9 Å². The molecule has 6 rings (SSSR count). The number of benzene rings is 3. The van der Waals surface area contributed by atoms with Crippen LogP contribution in [0.5, 0.6) is 0 Å². The van der Waals surface area contributed by atoms with Gasteiger partial charge >= 0.3 is 0 Å². The van der Waals surface area contributed by atoms with E-state index in [1.54, 1.807) is 6.20 Å². The Labute approximate surface area is 157 Å². The standard InChI is InChI=1S/C23H15N2OP/c26-27-21-13-5-2-9-17(21)16-8-1-4-11-19(16)25(27)20-12-7-15-24-23(20)18-10-3-6-14-22(18)27/h1-15H. The number of anilines is 2. The molecular formula is C23H15N2OP. The molecule has 3 aromatic carbocycles. The molecule has 1 atom stereocenters. The molecule has 0 N–H and O–H groups in total. The fourth-order valence-corrected chi connectivity index (χ4v) is 7.58. The van der Waals surface area contributed by atoms with Crippen LogP contribution < -0.4 is 15.3 Å². The number of hydrogen-bond acceptors (Lipinski definition) is 2. The zero-order chi connectivity index (χ0) is 18.0. The van der Waals surface area contributed by atoms with E-state index in [2.05, 4.69) is 23.2 Å². The number of para-hydroxylation sites is 1. The fraction of sp³-hybridized carbons (Fsp3) is 0. The third-order valence-corrected chi connectivity index (χ3v) is 8.52. The first kappa shape index (κ1) is 15.0. The molecule has 4 aromatic rings. The minimum atomic E-state index is -3.07. The van der Waals surface area contributed by atoms with Gasteiger partial charge in [0.15, 0.2) is 0 Å². The number of aromatic nitrogens is 1. The Morgan fingerprint density at radius 2 is 1.22 bits per heavy atom. The third kappa shape index (κ3) is 1.77. The van der Waals surface area contributed by atoms with Gasteiger partial charge in [-0.15, -0.1) is 0 Å². The minimum absolute atomic E-state index is 0.859. The minimum Gasteiger partial charge on any atom is -0.289 e. The second-order valence-electron chi connectivity index (χ2n) is 6.81. The van der Waals surface area contributed by atoms with E-state index in [0.717, 1.165) is 44.4 Å². The molecule has 2 aliphatic heterocycles. The summed E-state index contributed by atoms with van der Waals surface area (Å²) in [6, 6.07) is 28.2. The molecule has 0 amide bonds. The van der Waals surface area contributed by atoms with Crippen LogP contribution in [0, 0.1) is 0 Å². The van der Waals surface area contributed by atoms with E-state index in [4.69, 9.17) is 0 Å². The highest BCUT2D eigenvalue weighted by Gasteiger charge is 2.47. The van der Waals surface area contributed by atoms with Crippen molar-refractivity contribution in [2.45, 2.75) is 0 Å². The first-order chi connectivity index (χ1) is 13.3. The van der Waals surface area contributed by atoms with Crippen LogP contribution in [0.3, 0.4) is 0 Å². The molecular weight excluding hydrogens is 351 g/mol. The topological polar surface area (TPSA) is 33.2 Å². The van der Waals surface area contributed by atoms with E-state index >= 15 is 0 Å². The van der Waals surface area contributed by atoms with Crippen molar-refractivity contribution in [2.24, 2.45) is 0 Å². The van der Waals surface area contributed by atoms with Crippen LogP contribution in [0.25, 0.3) is 22.4 Å². The Bertz CT molecular complexity index is 1190. The van der Waals surface area contributed by atoms with Crippen LogP contribution in [0.15, 0.2) is 91.1 Å². The van der Waals surface area contributed by atoms with Crippen molar-refractivity contribution < 1.29 is 4.57 Å². The third-order valence-electron chi connectivity index (χ3n) is 5.43. The number of rotatable bonds is 0. The first-order valence-corrected chi connectivity index (χ1v) is 10.6. The average molecular weight is 366 g/mol. The number of fused-ring (bicyclic) bond motifs is 11. The van der Waals surface area contributed by atoms with E-state index < -0.39 is 7.29 Å². The summed E-state index contributed by atoms with van der Waals surface area (Å²) in [5, 5.41) is 1.75. The lowest BCUT2D eigenvalue weighted by atomic mass is 10.0. The molecule has 2 aliphatic rings. The summed E-state index contributed by atoms with van der Waals surface area (Å²) in [7, 11) is -3.07. The molecule has 1 aromatic heterocycles. The van der Waals surface area contributed by atoms with Crippen molar-refractivity contribution in [3.8, 4) is 22.4 Å². The summed E-state index contributed by atoms with van der Waals surface area (Å²) in [6.07, 6.45) is 1.80. The van der Waals surface area contributed by atoms with Crippen LogP contribution >= 0.6 is 7.29 Å². The van der Waals surface area contributed by atoms with E-state index in [1.807, 2.05) is 71.4 Å². The normalized spacial score (nSPS) is 18.6. The maximum Gasteiger partial charge on any atom is 0.235 e. The molecule has 0 saturated carbocycles. The van der Waals surface area contributed by atoms with E-state index in [1.165, 1.54) is 0 Å². The van der Waals surface area contributed by atoms with Gasteiger partial charge in [-0.1, -0.05) is 54.6 Å². The van der Waals surface area contributed by atoms with Crippen LogP contribution in [0.1, 0.15) is 0 Å².